The Hall–Kier alpha value is -2.64. The van der Waals surface area contributed by atoms with Crippen molar-refractivity contribution in [2.45, 2.75) is 45.4 Å². The number of ether oxygens (including phenoxy) is 2. The number of hydrogen-bond donors (Lipinski definition) is 2. The highest BCUT2D eigenvalue weighted by atomic mass is 16.6. The van der Waals surface area contributed by atoms with E-state index in [4.69, 9.17) is 4.74 Å². The number of hydrogen-bond acceptors (Lipinski definition) is 6. The number of rotatable bonds is 5. The molecule has 1 rings (SSSR count). The lowest BCUT2D eigenvalue weighted by atomic mass is 10.1. The Morgan fingerprint density at radius 3 is 2.33 bits per heavy atom. The smallest absolute Gasteiger partial charge is 0.408 e. The molecule has 2 unspecified atom stereocenters. The maximum Gasteiger partial charge on any atom is 0.408 e. The second kappa shape index (κ2) is 8.28. The van der Waals surface area contributed by atoms with Crippen LogP contribution >= 0.6 is 0 Å². The van der Waals surface area contributed by atoms with E-state index in [0.717, 1.165) is 0 Å². The monoisotopic (exact) mass is 337 g/mol. The average Bonchev–Trinajstić information content (AvgIpc) is 2.50. The van der Waals surface area contributed by atoms with Crippen LogP contribution in [0.2, 0.25) is 0 Å². The van der Waals surface area contributed by atoms with Gasteiger partial charge in [-0.05, 0) is 39.8 Å². The summed E-state index contributed by atoms with van der Waals surface area (Å²) in [6.45, 7) is 6.62. The van der Waals surface area contributed by atoms with Crippen molar-refractivity contribution < 1.29 is 23.9 Å². The maximum atomic E-state index is 12.2. The number of aromatic nitrogens is 1. The second-order valence-electron chi connectivity index (χ2n) is 6.09. The average molecular weight is 337 g/mol. The minimum absolute atomic E-state index is 0.335. The summed E-state index contributed by atoms with van der Waals surface area (Å²) in [7, 11) is 1.22. The molecule has 0 saturated heterocycles. The van der Waals surface area contributed by atoms with Crippen molar-refractivity contribution in [1.29, 1.82) is 0 Å². The number of esters is 1. The number of nitrogens with one attached hydrogen (secondary N) is 2. The molecule has 0 aliphatic carbocycles. The first-order valence-corrected chi connectivity index (χ1v) is 7.42. The molecule has 132 valence electrons. The Morgan fingerprint density at radius 2 is 1.83 bits per heavy atom. The molecule has 1 aromatic heterocycles. The molecule has 0 fully saturated rings. The number of carbonyl (C=O) groups is 3. The third-order valence-corrected chi connectivity index (χ3v) is 2.83. The molecule has 24 heavy (non-hydrogen) atoms. The summed E-state index contributed by atoms with van der Waals surface area (Å²) in [6.07, 6.45) is 0.775. The third kappa shape index (κ3) is 6.23. The van der Waals surface area contributed by atoms with Crippen LogP contribution in [0.15, 0.2) is 24.4 Å². The lowest BCUT2D eigenvalue weighted by molar-refractivity contribution is -0.145. The van der Waals surface area contributed by atoms with Crippen molar-refractivity contribution in [3.05, 3.63) is 30.1 Å². The Balaban J connectivity index is 2.74. The van der Waals surface area contributed by atoms with Crippen LogP contribution in [-0.2, 0) is 19.1 Å². The third-order valence-electron chi connectivity index (χ3n) is 2.83. The van der Waals surface area contributed by atoms with Crippen molar-refractivity contribution >= 4 is 18.0 Å². The zero-order valence-electron chi connectivity index (χ0n) is 14.5. The molecule has 0 spiro atoms. The molecule has 8 heteroatoms. The molecule has 0 saturated carbocycles. The molecule has 1 heterocycles. The molecular formula is C16H23N3O5. The number of methoxy groups -OCH3 is 1. The lowest BCUT2D eigenvalue weighted by Crippen LogP contribution is -2.48. The van der Waals surface area contributed by atoms with Crippen LogP contribution < -0.4 is 10.6 Å². The van der Waals surface area contributed by atoms with E-state index in [1.54, 1.807) is 39.0 Å². The molecule has 2 N–H and O–H groups in total. The van der Waals surface area contributed by atoms with Gasteiger partial charge in [-0.3, -0.25) is 9.78 Å². The molecule has 0 bridgehead atoms. The molecule has 0 aliphatic rings. The largest absolute Gasteiger partial charge is 0.467 e. The topological polar surface area (TPSA) is 107 Å². The van der Waals surface area contributed by atoms with Gasteiger partial charge in [-0.25, -0.2) is 9.59 Å². The van der Waals surface area contributed by atoms with E-state index in [0.29, 0.717) is 5.69 Å². The highest BCUT2D eigenvalue weighted by Crippen LogP contribution is 2.12. The fourth-order valence-electron chi connectivity index (χ4n) is 1.74. The van der Waals surface area contributed by atoms with Gasteiger partial charge in [0.15, 0.2) is 6.04 Å². The van der Waals surface area contributed by atoms with Crippen molar-refractivity contribution in [3.63, 3.8) is 0 Å². The SMILES string of the molecule is COC(=O)C(NC(=O)C(C)NC(=O)OC(C)(C)C)c1ccccn1. The van der Waals surface area contributed by atoms with Gasteiger partial charge in [0.05, 0.1) is 12.8 Å². The van der Waals surface area contributed by atoms with Gasteiger partial charge in [-0.15, -0.1) is 0 Å². The van der Waals surface area contributed by atoms with Crippen LogP contribution in [0.5, 0.6) is 0 Å². The van der Waals surface area contributed by atoms with Gasteiger partial charge in [0.25, 0.3) is 0 Å². The minimum Gasteiger partial charge on any atom is -0.467 e. The van der Waals surface area contributed by atoms with Crippen molar-refractivity contribution in [2.24, 2.45) is 0 Å². The van der Waals surface area contributed by atoms with E-state index >= 15 is 0 Å². The molecule has 0 aromatic carbocycles. The van der Waals surface area contributed by atoms with E-state index in [1.807, 2.05) is 0 Å². The first-order chi connectivity index (χ1) is 11.1. The van der Waals surface area contributed by atoms with Gasteiger partial charge in [-0.2, -0.15) is 0 Å². The molecule has 1 aromatic rings. The summed E-state index contributed by atoms with van der Waals surface area (Å²) in [5.74, 6) is -1.23. The van der Waals surface area contributed by atoms with Gasteiger partial charge < -0.3 is 20.1 Å². The summed E-state index contributed by atoms with van der Waals surface area (Å²) in [5, 5.41) is 4.91. The van der Waals surface area contributed by atoms with Crippen molar-refractivity contribution in [1.82, 2.24) is 15.6 Å². The highest BCUT2D eigenvalue weighted by Gasteiger charge is 2.28. The molecule has 0 radical (unpaired) electrons. The number of nitrogens with zero attached hydrogens (tertiary/aromatic N) is 1. The van der Waals surface area contributed by atoms with Gasteiger partial charge in [-0.1, -0.05) is 6.07 Å². The molecule has 0 aliphatic heterocycles. The van der Waals surface area contributed by atoms with Crippen LogP contribution in [0, 0.1) is 0 Å². The molecule has 2 amide bonds. The predicted octanol–water partition coefficient (Wildman–Crippen LogP) is 1.33. The Labute approximate surface area is 140 Å². The number of pyridine rings is 1. The van der Waals surface area contributed by atoms with E-state index in [9.17, 15) is 14.4 Å². The van der Waals surface area contributed by atoms with Crippen molar-refractivity contribution in [2.75, 3.05) is 7.11 Å². The van der Waals surface area contributed by atoms with Gasteiger partial charge in [0.1, 0.15) is 11.6 Å². The zero-order valence-corrected chi connectivity index (χ0v) is 14.5. The van der Waals surface area contributed by atoms with Crippen LogP contribution in [-0.4, -0.2) is 41.7 Å². The van der Waals surface area contributed by atoms with Crippen LogP contribution in [0.1, 0.15) is 39.4 Å². The van der Waals surface area contributed by atoms with Crippen molar-refractivity contribution in [3.8, 4) is 0 Å². The summed E-state index contributed by atoms with van der Waals surface area (Å²) in [4.78, 5) is 39.9. The second-order valence-corrected chi connectivity index (χ2v) is 6.09. The standard InChI is InChI=1S/C16H23N3O5/c1-10(18-15(22)24-16(2,3)4)13(20)19-12(14(21)23-5)11-8-6-7-9-17-11/h6-10,12H,1-5H3,(H,18,22)(H,19,20). The Bertz CT molecular complexity index is 583. The molecule has 2 atom stereocenters. The first kappa shape index (κ1) is 19.4. The normalized spacial score (nSPS) is 13.4. The molecular weight excluding hydrogens is 314 g/mol. The Morgan fingerprint density at radius 1 is 1.17 bits per heavy atom. The fraction of sp³-hybridized carbons (Fsp3) is 0.500. The zero-order chi connectivity index (χ0) is 18.3. The summed E-state index contributed by atoms with van der Waals surface area (Å²) >= 11 is 0. The summed E-state index contributed by atoms with van der Waals surface area (Å²) in [6, 6.07) is 3.00. The van der Waals surface area contributed by atoms with Crippen LogP contribution in [0.3, 0.4) is 0 Å². The first-order valence-electron chi connectivity index (χ1n) is 7.42. The highest BCUT2D eigenvalue weighted by molar-refractivity contribution is 5.89. The Kier molecular flexibility index (Phi) is 6.69. The number of carbonyl (C=O) groups excluding carboxylic acids is 3. The number of alkyl carbamates (subject to hydrolysis) is 1. The van der Waals surface area contributed by atoms with Gasteiger partial charge in [0.2, 0.25) is 5.91 Å². The van der Waals surface area contributed by atoms with Gasteiger partial charge in [0, 0.05) is 6.20 Å². The van der Waals surface area contributed by atoms with Gasteiger partial charge >= 0.3 is 12.1 Å². The summed E-state index contributed by atoms with van der Waals surface area (Å²) < 4.78 is 9.77. The van der Waals surface area contributed by atoms with E-state index in [1.165, 1.54) is 20.2 Å². The molecule has 8 nitrogen and oxygen atoms in total. The summed E-state index contributed by atoms with van der Waals surface area (Å²) in [5.41, 5.74) is -0.342. The quantitative estimate of drug-likeness (QED) is 0.785. The van der Waals surface area contributed by atoms with E-state index < -0.39 is 35.7 Å². The van der Waals surface area contributed by atoms with Crippen LogP contribution in [0.25, 0.3) is 0 Å². The predicted molar refractivity (Wildman–Crippen MR) is 86.0 cm³/mol. The lowest BCUT2D eigenvalue weighted by Gasteiger charge is -2.23. The van der Waals surface area contributed by atoms with E-state index in [2.05, 4.69) is 20.4 Å². The number of amides is 2. The minimum atomic E-state index is -1.06. The maximum absolute atomic E-state index is 12.2. The van der Waals surface area contributed by atoms with E-state index in [-0.39, 0.29) is 0 Å². The fourth-order valence-corrected chi connectivity index (χ4v) is 1.74. The van der Waals surface area contributed by atoms with Crippen LogP contribution in [0.4, 0.5) is 4.79 Å².